The molecule has 1 aromatic carbocycles. The van der Waals surface area contributed by atoms with Crippen LogP contribution in [0.15, 0.2) is 24.3 Å². The normalized spacial score (nSPS) is 11.6. The van der Waals surface area contributed by atoms with Crippen LogP contribution in [-0.2, 0) is 5.41 Å². The van der Waals surface area contributed by atoms with E-state index in [2.05, 4.69) is 62.4 Å². The molecular weight excluding hydrogens is 242 g/mol. The summed E-state index contributed by atoms with van der Waals surface area (Å²) in [6.07, 6.45) is 0. The molecule has 3 nitrogen and oxygen atoms in total. The van der Waals surface area contributed by atoms with Crippen molar-refractivity contribution in [2.45, 2.75) is 33.1 Å². The van der Waals surface area contributed by atoms with Crippen molar-refractivity contribution >= 4 is 16.5 Å². The molecule has 0 saturated carbocycles. The van der Waals surface area contributed by atoms with E-state index >= 15 is 0 Å². The van der Waals surface area contributed by atoms with E-state index < -0.39 is 0 Å². The smallest absolute Gasteiger partial charge is 0.197 e. The lowest BCUT2D eigenvalue weighted by atomic mass is 9.86. The first-order chi connectivity index (χ1) is 8.41. The first-order valence-corrected chi connectivity index (χ1v) is 6.78. The minimum absolute atomic E-state index is 0.180. The number of rotatable bonds is 2. The SMILES string of the molecule is Cc1sc(NN)nc1-c1ccc(C(C)(C)C)cc1. The summed E-state index contributed by atoms with van der Waals surface area (Å²) in [5.41, 5.74) is 6.26. The number of aromatic nitrogens is 1. The molecule has 0 saturated heterocycles. The number of anilines is 1. The van der Waals surface area contributed by atoms with Crippen LogP contribution >= 0.6 is 11.3 Å². The molecule has 4 heteroatoms. The van der Waals surface area contributed by atoms with E-state index in [0.717, 1.165) is 16.4 Å². The minimum Gasteiger partial charge on any atom is -0.300 e. The maximum absolute atomic E-state index is 5.39. The third-order valence-electron chi connectivity index (χ3n) is 2.94. The van der Waals surface area contributed by atoms with E-state index in [1.165, 1.54) is 10.4 Å². The van der Waals surface area contributed by atoms with Crippen LogP contribution < -0.4 is 11.3 Å². The lowest BCUT2D eigenvalue weighted by Gasteiger charge is -2.19. The fourth-order valence-electron chi connectivity index (χ4n) is 1.85. The van der Waals surface area contributed by atoms with Crippen molar-refractivity contribution in [1.29, 1.82) is 0 Å². The molecule has 0 amide bonds. The second kappa shape index (κ2) is 4.71. The van der Waals surface area contributed by atoms with E-state index in [1.54, 1.807) is 11.3 Å². The third kappa shape index (κ3) is 2.54. The minimum atomic E-state index is 0.180. The van der Waals surface area contributed by atoms with Gasteiger partial charge in [0, 0.05) is 10.4 Å². The Labute approximate surface area is 112 Å². The molecule has 1 aromatic heterocycles. The molecule has 0 aliphatic carbocycles. The highest BCUT2D eigenvalue weighted by Gasteiger charge is 2.14. The van der Waals surface area contributed by atoms with E-state index in [9.17, 15) is 0 Å². The summed E-state index contributed by atoms with van der Waals surface area (Å²) in [5.74, 6) is 5.39. The van der Waals surface area contributed by atoms with Gasteiger partial charge in [0.25, 0.3) is 0 Å². The van der Waals surface area contributed by atoms with Gasteiger partial charge in [-0.1, -0.05) is 45.0 Å². The fraction of sp³-hybridized carbons (Fsp3) is 0.357. The number of hydrogen-bond donors (Lipinski definition) is 2. The monoisotopic (exact) mass is 261 g/mol. The van der Waals surface area contributed by atoms with E-state index in [-0.39, 0.29) is 5.41 Å². The number of benzene rings is 1. The van der Waals surface area contributed by atoms with E-state index in [1.807, 2.05) is 0 Å². The van der Waals surface area contributed by atoms with E-state index in [0.29, 0.717) is 0 Å². The topological polar surface area (TPSA) is 50.9 Å². The highest BCUT2D eigenvalue weighted by molar-refractivity contribution is 7.15. The number of nitrogens with two attached hydrogens (primary N) is 1. The number of hydrazine groups is 1. The number of aryl methyl sites for hydroxylation is 1. The predicted octanol–water partition coefficient (Wildman–Crippen LogP) is 3.70. The number of nitrogens with one attached hydrogen (secondary N) is 1. The Morgan fingerprint density at radius 3 is 2.22 bits per heavy atom. The summed E-state index contributed by atoms with van der Waals surface area (Å²) < 4.78 is 0. The zero-order valence-electron chi connectivity index (χ0n) is 11.2. The standard InChI is InChI=1S/C14H19N3S/c1-9-12(16-13(17-15)18-9)10-5-7-11(8-6-10)14(2,3)4/h5-8H,15H2,1-4H3,(H,16,17). The third-order valence-corrected chi connectivity index (χ3v) is 3.85. The van der Waals surface area contributed by atoms with E-state index in [4.69, 9.17) is 5.84 Å². The molecule has 3 N–H and O–H groups in total. The van der Waals surface area contributed by atoms with Gasteiger partial charge in [-0.3, -0.25) is 5.43 Å². The molecule has 1 heterocycles. The van der Waals surface area contributed by atoms with Gasteiger partial charge in [0.15, 0.2) is 5.13 Å². The Morgan fingerprint density at radius 1 is 1.17 bits per heavy atom. The van der Waals surface area contributed by atoms with Gasteiger partial charge in [0.05, 0.1) is 5.69 Å². The Kier molecular flexibility index (Phi) is 3.41. The zero-order valence-corrected chi connectivity index (χ0v) is 12.1. The van der Waals surface area contributed by atoms with Gasteiger partial charge in [-0.25, -0.2) is 10.8 Å². The number of hydrogen-bond acceptors (Lipinski definition) is 4. The Hall–Kier alpha value is -1.39. The first-order valence-electron chi connectivity index (χ1n) is 5.97. The second-order valence-electron chi connectivity index (χ2n) is 5.40. The number of nitrogens with zero attached hydrogens (tertiary/aromatic N) is 1. The predicted molar refractivity (Wildman–Crippen MR) is 78.8 cm³/mol. The summed E-state index contributed by atoms with van der Waals surface area (Å²) >= 11 is 1.57. The molecule has 0 atom stereocenters. The summed E-state index contributed by atoms with van der Waals surface area (Å²) in [5, 5.41) is 0.752. The quantitative estimate of drug-likeness (QED) is 0.640. The van der Waals surface area contributed by atoms with Crippen molar-refractivity contribution in [3.63, 3.8) is 0 Å². The number of nitrogen functional groups attached to an aromatic ring is 1. The number of thiazole rings is 1. The van der Waals surface area contributed by atoms with Gasteiger partial charge in [0.1, 0.15) is 0 Å². The van der Waals surface area contributed by atoms with Crippen LogP contribution in [0.4, 0.5) is 5.13 Å². The summed E-state index contributed by atoms with van der Waals surface area (Å²) in [7, 11) is 0. The molecule has 96 valence electrons. The summed E-state index contributed by atoms with van der Waals surface area (Å²) in [4.78, 5) is 5.65. The molecule has 18 heavy (non-hydrogen) atoms. The van der Waals surface area contributed by atoms with Crippen LogP contribution in [0.25, 0.3) is 11.3 Å². The van der Waals surface area contributed by atoms with Crippen molar-refractivity contribution in [3.05, 3.63) is 34.7 Å². The average Bonchev–Trinajstić information content (AvgIpc) is 2.70. The van der Waals surface area contributed by atoms with Crippen LogP contribution in [0.2, 0.25) is 0 Å². The van der Waals surface area contributed by atoms with Gasteiger partial charge in [0.2, 0.25) is 0 Å². The maximum atomic E-state index is 5.39. The van der Waals surface area contributed by atoms with Gasteiger partial charge < -0.3 is 0 Å². The molecule has 2 rings (SSSR count). The largest absolute Gasteiger partial charge is 0.300 e. The van der Waals surface area contributed by atoms with Gasteiger partial charge in [-0.2, -0.15) is 0 Å². The van der Waals surface area contributed by atoms with Crippen molar-refractivity contribution in [3.8, 4) is 11.3 Å². The van der Waals surface area contributed by atoms with Crippen molar-refractivity contribution in [2.24, 2.45) is 5.84 Å². The second-order valence-corrected chi connectivity index (χ2v) is 6.60. The molecule has 2 aromatic rings. The molecule has 0 bridgehead atoms. The molecule has 0 radical (unpaired) electrons. The Balaban J connectivity index is 2.37. The van der Waals surface area contributed by atoms with Gasteiger partial charge in [-0.05, 0) is 17.9 Å². The highest BCUT2D eigenvalue weighted by atomic mass is 32.1. The van der Waals surface area contributed by atoms with Crippen LogP contribution in [0, 0.1) is 6.92 Å². The lowest BCUT2D eigenvalue weighted by molar-refractivity contribution is 0.590. The lowest BCUT2D eigenvalue weighted by Crippen LogP contribution is -2.10. The fourth-order valence-corrected chi connectivity index (χ4v) is 2.60. The Bertz CT molecular complexity index is 535. The molecular formula is C14H19N3S. The average molecular weight is 261 g/mol. The molecule has 0 spiro atoms. The van der Waals surface area contributed by atoms with Crippen molar-refractivity contribution < 1.29 is 0 Å². The van der Waals surface area contributed by atoms with Gasteiger partial charge >= 0.3 is 0 Å². The molecule has 0 aliphatic heterocycles. The summed E-state index contributed by atoms with van der Waals surface area (Å²) in [6.45, 7) is 8.71. The zero-order chi connectivity index (χ0) is 13.3. The molecule has 0 fully saturated rings. The van der Waals surface area contributed by atoms with Crippen LogP contribution in [0.5, 0.6) is 0 Å². The molecule has 0 unspecified atom stereocenters. The van der Waals surface area contributed by atoms with Crippen molar-refractivity contribution in [1.82, 2.24) is 4.98 Å². The first kappa shape index (κ1) is 13.1. The van der Waals surface area contributed by atoms with Crippen LogP contribution in [-0.4, -0.2) is 4.98 Å². The van der Waals surface area contributed by atoms with Crippen LogP contribution in [0.1, 0.15) is 31.2 Å². The van der Waals surface area contributed by atoms with Gasteiger partial charge in [-0.15, -0.1) is 11.3 Å². The Morgan fingerprint density at radius 2 is 1.78 bits per heavy atom. The van der Waals surface area contributed by atoms with Crippen LogP contribution in [0.3, 0.4) is 0 Å². The highest BCUT2D eigenvalue weighted by Crippen LogP contribution is 2.31. The van der Waals surface area contributed by atoms with Crippen molar-refractivity contribution in [2.75, 3.05) is 5.43 Å². The summed E-state index contributed by atoms with van der Waals surface area (Å²) in [6, 6.07) is 8.60. The maximum Gasteiger partial charge on any atom is 0.197 e. The molecule has 0 aliphatic rings.